The third-order valence-corrected chi connectivity index (χ3v) is 3.25. The van der Waals surface area contributed by atoms with Gasteiger partial charge in [-0.2, -0.15) is 31.3 Å². The van der Waals surface area contributed by atoms with Crippen molar-refractivity contribution in [3.05, 3.63) is 46.8 Å². The third kappa shape index (κ3) is 4.61. The zero-order chi connectivity index (χ0) is 19.7. The van der Waals surface area contributed by atoms with Crippen LogP contribution in [0.15, 0.2) is 29.3 Å². The number of nitrogens with two attached hydrogens (primary N) is 1. The van der Waals surface area contributed by atoms with Crippen molar-refractivity contribution < 1.29 is 26.3 Å². The number of anilines is 1. The van der Waals surface area contributed by atoms with Gasteiger partial charge in [-0.3, -0.25) is 0 Å². The van der Waals surface area contributed by atoms with Gasteiger partial charge >= 0.3 is 12.4 Å². The van der Waals surface area contributed by atoms with Gasteiger partial charge in [0.2, 0.25) is 5.96 Å². The molecule has 0 aliphatic rings. The number of aliphatic imine (C=N–C) groups is 1. The molecule has 2 aromatic rings. The molecule has 1 aromatic heterocycles. The lowest BCUT2D eigenvalue weighted by Gasteiger charge is -2.13. The van der Waals surface area contributed by atoms with Crippen LogP contribution in [0.25, 0.3) is 0 Å². The van der Waals surface area contributed by atoms with Crippen molar-refractivity contribution in [3.63, 3.8) is 0 Å². The van der Waals surface area contributed by atoms with Crippen molar-refractivity contribution in [3.8, 4) is 0 Å². The van der Waals surface area contributed by atoms with E-state index in [0.29, 0.717) is 5.69 Å². The normalized spacial score (nSPS) is 13.0. The van der Waals surface area contributed by atoms with Gasteiger partial charge in [0.25, 0.3) is 5.95 Å². The van der Waals surface area contributed by atoms with Crippen LogP contribution in [0, 0.1) is 13.8 Å². The van der Waals surface area contributed by atoms with Gasteiger partial charge in [0.05, 0.1) is 0 Å². The van der Waals surface area contributed by atoms with Crippen molar-refractivity contribution in [2.75, 3.05) is 5.32 Å². The summed E-state index contributed by atoms with van der Waals surface area (Å²) < 4.78 is 76.6. The summed E-state index contributed by atoms with van der Waals surface area (Å²) in [5.74, 6) is -1.50. The van der Waals surface area contributed by atoms with Crippen molar-refractivity contribution in [2.24, 2.45) is 10.7 Å². The summed E-state index contributed by atoms with van der Waals surface area (Å²) >= 11 is 0. The fourth-order valence-corrected chi connectivity index (χ4v) is 2.05. The number of para-hydroxylation sites is 1. The minimum atomic E-state index is -5.10. The van der Waals surface area contributed by atoms with Crippen LogP contribution >= 0.6 is 0 Å². The van der Waals surface area contributed by atoms with Gasteiger partial charge in [-0.15, -0.1) is 0 Å². The highest BCUT2D eigenvalue weighted by Gasteiger charge is 2.39. The molecule has 1 heterocycles. The van der Waals surface area contributed by atoms with E-state index >= 15 is 0 Å². The number of benzene rings is 1. The van der Waals surface area contributed by atoms with Crippen LogP contribution in [-0.2, 0) is 12.4 Å². The number of guanidine groups is 1. The highest BCUT2D eigenvalue weighted by Crippen LogP contribution is 2.34. The molecule has 0 atom stereocenters. The van der Waals surface area contributed by atoms with E-state index in [9.17, 15) is 26.3 Å². The van der Waals surface area contributed by atoms with Gasteiger partial charge in [-0.05, 0) is 31.0 Å². The van der Waals surface area contributed by atoms with E-state index in [4.69, 9.17) is 5.73 Å². The molecule has 26 heavy (non-hydrogen) atoms. The molecule has 0 aliphatic carbocycles. The zero-order valence-corrected chi connectivity index (χ0v) is 13.5. The minimum absolute atomic E-state index is 0.186. The molecule has 0 spiro atoms. The molecule has 0 aliphatic heterocycles. The molecule has 140 valence electrons. The monoisotopic (exact) mass is 377 g/mol. The molecule has 0 saturated carbocycles. The Labute approximate surface area is 144 Å². The summed E-state index contributed by atoms with van der Waals surface area (Å²) in [4.78, 5) is 9.45. The fraction of sp³-hybridized carbons (Fsp3) is 0.267. The van der Waals surface area contributed by atoms with E-state index in [-0.39, 0.29) is 6.07 Å². The second-order valence-corrected chi connectivity index (χ2v) is 5.32. The summed E-state index contributed by atoms with van der Waals surface area (Å²) in [5, 5.41) is 2.63. The molecule has 3 N–H and O–H groups in total. The highest BCUT2D eigenvalue weighted by atomic mass is 19.4. The quantitative estimate of drug-likeness (QED) is 0.468. The molecule has 0 radical (unpaired) electrons. The van der Waals surface area contributed by atoms with Crippen LogP contribution in [0.4, 0.5) is 38.0 Å². The lowest BCUT2D eigenvalue weighted by atomic mass is 10.1. The van der Waals surface area contributed by atoms with Crippen molar-refractivity contribution in [1.82, 2.24) is 9.97 Å². The van der Waals surface area contributed by atoms with Crippen molar-refractivity contribution >= 4 is 17.6 Å². The average molecular weight is 377 g/mol. The van der Waals surface area contributed by atoms with Gasteiger partial charge < -0.3 is 11.1 Å². The van der Waals surface area contributed by atoms with Gasteiger partial charge in [-0.25, -0.2) is 9.97 Å². The van der Waals surface area contributed by atoms with E-state index < -0.39 is 35.6 Å². The predicted octanol–water partition coefficient (Wildman–Crippen LogP) is 4.19. The first-order valence-electron chi connectivity index (χ1n) is 7.09. The van der Waals surface area contributed by atoms with Gasteiger partial charge in [0.15, 0.2) is 11.4 Å². The van der Waals surface area contributed by atoms with Crippen LogP contribution in [0.3, 0.4) is 0 Å². The van der Waals surface area contributed by atoms with Crippen LogP contribution in [-0.4, -0.2) is 15.9 Å². The Bertz CT molecular complexity index is 789. The van der Waals surface area contributed by atoms with E-state index in [0.717, 1.165) is 11.1 Å². The predicted molar refractivity (Wildman–Crippen MR) is 82.9 cm³/mol. The van der Waals surface area contributed by atoms with Crippen molar-refractivity contribution in [2.45, 2.75) is 26.2 Å². The number of nitrogens with zero attached hydrogens (tertiary/aromatic N) is 3. The van der Waals surface area contributed by atoms with Crippen LogP contribution in [0.5, 0.6) is 0 Å². The molecule has 0 unspecified atom stereocenters. The number of hydrogen-bond donors (Lipinski definition) is 2. The Kier molecular flexibility index (Phi) is 5.10. The van der Waals surface area contributed by atoms with E-state index in [2.05, 4.69) is 20.3 Å². The number of rotatable bonds is 2. The Hall–Kier alpha value is -2.85. The first-order valence-corrected chi connectivity index (χ1v) is 7.09. The van der Waals surface area contributed by atoms with Crippen molar-refractivity contribution in [1.29, 1.82) is 0 Å². The average Bonchev–Trinajstić information content (AvgIpc) is 2.49. The van der Waals surface area contributed by atoms with Gasteiger partial charge in [-0.1, -0.05) is 18.2 Å². The first-order chi connectivity index (χ1) is 11.9. The summed E-state index contributed by atoms with van der Waals surface area (Å²) in [7, 11) is 0. The Morgan fingerprint density at radius 3 is 1.85 bits per heavy atom. The fourth-order valence-electron chi connectivity index (χ4n) is 2.05. The molecule has 0 amide bonds. The standard InChI is InChI=1S/C15H13F6N5/c1-7-4-3-5-8(2)11(7)25-12(22)26-13-23-9(14(16,17)18)6-10(24-13)15(19,20)21/h3-6H,1-2H3,(H3,22,23,24,25,26). The summed E-state index contributed by atoms with van der Waals surface area (Å²) in [5.41, 5.74) is 4.09. The second kappa shape index (κ2) is 6.81. The maximum Gasteiger partial charge on any atom is 0.433 e. The Morgan fingerprint density at radius 2 is 1.42 bits per heavy atom. The van der Waals surface area contributed by atoms with E-state index in [1.165, 1.54) is 0 Å². The van der Waals surface area contributed by atoms with Gasteiger partial charge in [0.1, 0.15) is 0 Å². The lowest BCUT2D eigenvalue weighted by Crippen LogP contribution is -2.23. The second-order valence-electron chi connectivity index (χ2n) is 5.32. The summed E-state index contributed by atoms with van der Waals surface area (Å²) in [6.07, 6.45) is -10.2. The SMILES string of the molecule is Cc1cccc(C)c1N/C(N)=N/c1nc(C(F)(F)F)cc(C(F)(F)F)n1. The lowest BCUT2D eigenvalue weighted by molar-refractivity contribution is -0.147. The molecule has 0 fully saturated rings. The highest BCUT2D eigenvalue weighted by molar-refractivity contribution is 5.94. The molecular formula is C15H13F6N5. The number of alkyl halides is 6. The third-order valence-electron chi connectivity index (χ3n) is 3.25. The maximum atomic E-state index is 12.8. The van der Waals surface area contributed by atoms with Crippen LogP contribution < -0.4 is 11.1 Å². The Balaban J connectivity index is 2.45. The minimum Gasteiger partial charge on any atom is -0.369 e. The molecule has 2 rings (SSSR count). The molecule has 11 heteroatoms. The van der Waals surface area contributed by atoms with Crippen LogP contribution in [0.2, 0.25) is 0 Å². The van der Waals surface area contributed by atoms with Crippen LogP contribution in [0.1, 0.15) is 22.5 Å². The summed E-state index contributed by atoms with van der Waals surface area (Å²) in [6, 6.07) is 5.07. The number of nitrogens with one attached hydrogen (secondary N) is 1. The topological polar surface area (TPSA) is 76.2 Å². The van der Waals surface area contributed by atoms with Gasteiger partial charge in [0, 0.05) is 5.69 Å². The first kappa shape index (κ1) is 19.5. The number of aryl methyl sites for hydroxylation is 2. The number of aromatic nitrogens is 2. The number of hydrogen-bond acceptors (Lipinski definition) is 3. The summed E-state index contributed by atoms with van der Waals surface area (Å²) in [6.45, 7) is 3.48. The van der Waals surface area contributed by atoms with E-state index in [1.54, 1.807) is 32.0 Å². The molecule has 1 aromatic carbocycles. The zero-order valence-electron chi connectivity index (χ0n) is 13.5. The number of halogens is 6. The largest absolute Gasteiger partial charge is 0.433 e. The maximum absolute atomic E-state index is 12.8. The smallest absolute Gasteiger partial charge is 0.369 e. The Morgan fingerprint density at radius 1 is 0.962 bits per heavy atom. The molecule has 0 saturated heterocycles. The van der Waals surface area contributed by atoms with E-state index in [1.807, 2.05) is 0 Å². The molecule has 5 nitrogen and oxygen atoms in total. The molecular weight excluding hydrogens is 364 g/mol. The molecule has 0 bridgehead atoms.